The van der Waals surface area contributed by atoms with Gasteiger partial charge in [0, 0.05) is 13.1 Å². The molecule has 2 rings (SSSR count). The Hall–Kier alpha value is -0.270. The van der Waals surface area contributed by atoms with Gasteiger partial charge in [-0.15, -0.1) is 0 Å². The van der Waals surface area contributed by atoms with Crippen molar-refractivity contribution in [3.05, 3.63) is 14.8 Å². The quantitative estimate of drug-likeness (QED) is 0.626. The van der Waals surface area contributed by atoms with Crippen molar-refractivity contribution in [2.45, 2.75) is 0 Å². The van der Waals surface area contributed by atoms with Gasteiger partial charge in [-0.2, -0.15) is 0 Å². The SMILES string of the molecule is Nc1cc(Cl)nc(N2CCOCC2)c1I. The Kier molecular flexibility index (Phi) is 3.53. The minimum Gasteiger partial charge on any atom is -0.398 e. The number of halogens is 2. The average Bonchev–Trinajstić information content (AvgIpc) is 2.24. The molecule has 0 atom stereocenters. The number of hydrogen-bond donors (Lipinski definition) is 1. The third-order valence-electron chi connectivity index (χ3n) is 2.25. The number of ether oxygens (including phenoxy) is 1. The van der Waals surface area contributed by atoms with E-state index in [2.05, 4.69) is 32.5 Å². The number of anilines is 2. The van der Waals surface area contributed by atoms with Crippen molar-refractivity contribution in [1.29, 1.82) is 0 Å². The van der Waals surface area contributed by atoms with Gasteiger partial charge in [0.05, 0.1) is 22.5 Å². The highest BCUT2D eigenvalue weighted by Crippen LogP contribution is 2.28. The number of nitrogen functional groups attached to an aromatic ring is 1. The van der Waals surface area contributed by atoms with E-state index in [4.69, 9.17) is 22.1 Å². The molecular formula is C9H11ClIN3O. The molecule has 1 aromatic rings. The van der Waals surface area contributed by atoms with Gasteiger partial charge >= 0.3 is 0 Å². The van der Waals surface area contributed by atoms with Crippen molar-refractivity contribution in [3.63, 3.8) is 0 Å². The Bertz CT molecular complexity index is 369. The summed E-state index contributed by atoms with van der Waals surface area (Å²) < 4.78 is 6.24. The number of morpholine rings is 1. The van der Waals surface area contributed by atoms with Crippen molar-refractivity contribution in [2.75, 3.05) is 36.9 Å². The fourth-order valence-corrected chi connectivity index (χ4v) is 2.30. The van der Waals surface area contributed by atoms with Gasteiger partial charge in [-0.3, -0.25) is 0 Å². The average molecular weight is 340 g/mol. The number of aromatic nitrogens is 1. The number of hydrogen-bond acceptors (Lipinski definition) is 4. The van der Waals surface area contributed by atoms with Gasteiger partial charge in [0.25, 0.3) is 0 Å². The fraction of sp³-hybridized carbons (Fsp3) is 0.444. The molecule has 1 saturated heterocycles. The highest BCUT2D eigenvalue weighted by Gasteiger charge is 2.17. The van der Waals surface area contributed by atoms with Crippen LogP contribution >= 0.6 is 34.2 Å². The van der Waals surface area contributed by atoms with E-state index in [1.54, 1.807) is 6.07 Å². The molecule has 0 spiro atoms. The second-order valence-electron chi connectivity index (χ2n) is 3.27. The third kappa shape index (κ3) is 2.46. The van der Waals surface area contributed by atoms with Gasteiger partial charge in [0.2, 0.25) is 0 Å². The first-order valence-electron chi connectivity index (χ1n) is 4.62. The summed E-state index contributed by atoms with van der Waals surface area (Å²) in [5.41, 5.74) is 6.52. The van der Waals surface area contributed by atoms with Gasteiger partial charge in [-0.25, -0.2) is 4.98 Å². The molecule has 1 fully saturated rings. The second kappa shape index (κ2) is 4.71. The van der Waals surface area contributed by atoms with Crippen LogP contribution in [-0.4, -0.2) is 31.3 Å². The van der Waals surface area contributed by atoms with Crippen LogP contribution in [0.25, 0.3) is 0 Å². The van der Waals surface area contributed by atoms with Crippen LogP contribution in [0.2, 0.25) is 5.15 Å². The van der Waals surface area contributed by atoms with E-state index in [1.165, 1.54) is 0 Å². The molecular weight excluding hydrogens is 328 g/mol. The molecule has 1 aromatic heterocycles. The van der Waals surface area contributed by atoms with Crippen LogP contribution in [0.5, 0.6) is 0 Å². The predicted octanol–water partition coefficient (Wildman–Crippen LogP) is 1.76. The lowest BCUT2D eigenvalue weighted by Crippen LogP contribution is -2.37. The van der Waals surface area contributed by atoms with Gasteiger partial charge in [0.1, 0.15) is 11.0 Å². The summed E-state index contributed by atoms with van der Waals surface area (Å²) in [6.45, 7) is 3.12. The maximum Gasteiger partial charge on any atom is 0.146 e. The molecule has 2 heterocycles. The van der Waals surface area contributed by atoms with Crippen molar-refractivity contribution >= 4 is 45.7 Å². The molecule has 1 aliphatic rings. The maximum atomic E-state index is 5.89. The third-order valence-corrected chi connectivity index (χ3v) is 3.55. The van der Waals surface area contributed by atoms with E-state index in [-0.39, 0.29) is 0 Å². The van der Waals surface area contributed by atoms with Crippen molar-refractivity contribution in [1.82, 2.24) is 4.98 Å². The highest BCUT2D eigenvalue weighted by molar-refractivity contribution is 14.1. The number of rotatable bonds is 1. The van der Waals surface area contributed by atoms with Crippen LogP contribution in [0.1, 0.15) is 0 Å². The van der Waals surface area contributed by atoms with Crippen molar-refractivity contribution < 1.29 is 4.74 Å². The Balaban J connectivity index is 2.33. The lowest BCUT2D eigenvalue weighted by Gasteiger charge is -2.28. The Morgan fingerprint density at radius 2 is 2.13 bits per heavy atom. The molecule has 0 aliphatic carbocycles. The monoisotopic (exact) mass is 339 g/mol. The number of pyridine rings is 1. The molecule has 6 heteroatoms. The molecule has 0 aromatic carbocycles. The first-order chi connectivity index (χ1) is 7.18. The molecule has 1 aliphatic heterocycles. The molecule has 0 amide bonds. The van der Waals surface area contributed by atoms with Gasteiger partial charge in [0.15, 0.2) is 0 Å². The molecule has 0 radical (unpaired) electrons. The topological polar surface area (TPSA) is 51.4 Å². The summed E-state index contributed by atoms with van der Waals surface area (Å²) >= 11 is 8.08. The van der Waals surface area contributed by atoms with Crippen molar-refractivity contribution in [3.8, 4) is 0 Å². The first kappa shape index (κ1) is 11.2. The second-order valence-corrected chi connectivity index (χ2v) is 4.74. The van der Waals surface area contributed by atoms with Gasteiger partial charge < -0.3 is 15.4 Å². The standard InChI is InChI=1S/C9H11ClIN3O/c10-7-5-6(12)8(11)9(13-7)14-1-3-15-4-2-14/h5H,1-4H2,(H2,12,13). The molecule has 2 N–H and O–H groups in total. The minimum absolute atomic E-state index is 0.439. The minimum atomic E-state index is 0.439. The zero-order chi connectivity index (χ0) is 10.8. The molecule has 82 valence electrons. The Morgan fingerprint density at radius 3 is 2.80 bits per heavy atom. The fourth-order valence-electron chi connectivity index (χ4n) is 1.49. The molecule has 4 nitrogen and oxygen atoms in total. The highest BCUT2D eigenvalue weighted by atomic mass is 127. The largest absolute Gasteiger partial charge is 0.398 e. The Labute approximate surface area is 107 Å². The van der Waals surface area contributed by atoms with E-state index < -0.39 is 0 Å². The summed E-state index contributed by atoms with van der Waals surface area (Å²) in [6.07, 6.45) is 0. The lowest BCUT2D eigenvalue weighted by atomic mass is 10.3. The molecule has 0 bridgehead atoms. The molecule has 0 saturated carbocycles. The number of nitrogens with zero attached hydrogens (tertiary/aromatic N) is 2. The van der Waals surface area contributed by atoms with Crippen molar-refractivity contribution in [2.24, 2.45) is 0 Å². The molecule has 0 unspecified atom stereocenters. The first-order valence-corrected chi connectivity index (χ1v) is 6.08. The van der Waals surface area contributed by atoms with E-state index in [9.17, 15) is 0 Å². The summed E-state index contributed by atoms with van der Waals surface area (Å²) in [6, 6.07) is 1.67. The van der Waals surface area contributed by atoms with E-state index in [0.29, 0.717) is 10.8 Å². The molecule has 15 heavy (non-hydrogen) atoms. The van der Waals surface area contributed by atoms with E-state index in [0.717, 1.165) is 35.7 Å². The summed E-state index contributed by atoms with van der Waals surface area (Å²) in [5.74, 6) is 0.865. The van der Waals surface area contributed by atoms with Crippen LogP contribution in [0.3, 0.4) is 0 Å². The van der Waals surface area contributed by atoms with Crippen LogP contribution in [0.4, 0.5) is 11.5 Å². The summed E-state index contributed by atoms with van der Waals surface area (Å²) in [7, 11) is 0. The van der Waals surface area contributed by atoms with E-state index in [1.807, 2.05) is 0 Å². The zero-order valence-electron chi connectivity index (χ0n) is 8.04. The van der Waals surface area contributed by atoms with Gasteiger partial charge in [-0.1, -0.05) is 11.6 Å². The normalized spacial score (nSPS) is 16.8. The number of nitrogens with two attached hydrogens (primary N) is 1. The maximum absolute atomic E-state index is 5.89. The summed E-state index contributed by atoms with van der Waals surface area (Å²) in [5, 5.41) is 0.439. The van der Waals surface area contributed by atoms with Crippen LogP contribution < -0.4 is 10.6 Å². The lowest BCUT2D eigenvalue weighted by molar-refractivity contribution is 0.122. The van der Waals surface area contributed by atoms with Crippen LogP contribution in [-0.2, 0) is 4.74 Å². The van der Waals surface area contributed by atoms with Crippen LogP contribution in [0.15, 0.2) is 6.07 Å². The van der Waals surface area contributed by atoms with Gasteiger partial charge in [-0.05, 0) is 28.7 Å². The Morgan fingerprint density at radius 1 is 1.47 bits per heavy atom. The zero-order valence-corrected chi connectivity index (χ0v) is 11.0. The summed E-state index contributed by atoms with van der Waals surface area (Å²) in [4.78, 5) is 6.45. The van der Waals surface area contributed by atoms with Crippen LogP contribution in [0, 0.1) is 3.57 Å². The smallest absolute Gasteiger partial charge is 0.146 e. The predicted molar refractivity (Wildman–Crippen MR) is 69.4 cm³/mol. The van der Waals surface area contributed by atoms with E-state index >= 15 is 0 Å².